The molecule has 5 aliphatic rings. The molecule has 2 unspecified atom stereocenters. The van der Waals surface area contributed by atoms with Crippen LogP contribution in [0, 0.1) is 11.8 Å². The zero-order chi connectivity index (χ0) is 9.73. The van der Waals surface area contributed by atoms with Crippen LogP contribution in [-0.2, 0) is 0 Å². The van der Waals surface area contributed by atoms with Crippen molar-refractivity contribution in [3.8, 4) is 0 Å². The molecule has 0 amide bonds. The predicted molar refractivity (Wildman–Crippen MR) is 60.2 cm³/mol. The normalized spacial score (nSPS) is 38.3. The largest absolute Gasteiger partial charge is 0.0905 e. The molecule has 5 aliphatic carbocycles. The fraction of sp³-hybridized carbons (Fsp3) is 0.333. The fourth-order valence-electron chi connectivity index (χ4n) is 4.28. The van der Waals surface area contributed by atoms with Crippen LogP contribution in [0.25, 0.3) is 0 Å². The molecule has 72 valence electrons. The van der Waals surface area contributed by atoms with E-state index in [1.54, 1.807) is 27.9 Å². The highest BCUT2D eigenvalue weighted by Crippen LogP contribution is 2.69. The first kappa shape index (κ1) is 7.05. The molecule has 15 heavy (non-hydrogen) atoms. The molecular weight excluding hydrogens is 180 g/mol. The summed E-state index contributed by atoms with van der Waals surface area (Å²) < 4.78 is 0. The molecular formula is C15H12. The molecule has 0 saturated heterocycles. The van der Waals surface area contributed by atoms with Gasteiger partial charge in [-0.15, -0.1) is 0 Å². The third kappa shape index (κ3) is 0.504. The average molecular weight is 192 g/mol. The predicted octanol–water partition coefficient (Wildman–Crippen LogP) is 3.46. The molecule has 0 aliphatic heterocycles. The van der Waals surface area contributed by atoms with Crippen molar-refractivity contribution in [2.45, 2.75) is 19.3 Å². The summed E-state index contributed by atoms with van der Waals surface area (Å²) in [5.41, 5.74) is 11.2. The van der Waals surface area contributed by atoms with Crippen molar-refractivity contribution in [2.75, 3.05) is 0 Å². The van der Waals surface area contributed by atoms with Crippen LogP contribution in [0.2, 0.25) is 0 Å². The second-order valence-electron chi connectivity index (χ2n) is 5.33. The highest BCUT2D eigenvalue weighted by atomic mass is 14.6. The van der Waals surface area contributed by atoms with Crippen LogP contribution < -0.4 is 0 Å². The Labute approximate surface area is 89.4 Å². The standard InChI is InChI=1S/C15H12/c1-7-8-3-2-4-11-12(7)14-9-5-6-10(9)15(14)13(8)11/h2-3,10,15H,1,4-6H2. The third-order valence-corrected chi connectivity index (χ3v) is 4.96. The first-order valence-corrected chi connectivity index (χ1v) is 5.95. The average Bonchev–Trinajstić information content (AvgIpc) is 2.55. The Morgan fingerprint density at radius 2 is 2.20 bits per heavy atom. The van der Waals surface area contributed by atoms with Gasteiger partial charge in [0.15, 0.2) is 0 Å². The van der Waals surface area contributed by atoms with E-state index in [4.69, 9.17) is 0 Å². The Balaban J connectivity index is 1.91. The summed E-state index contributed by atoms with van der Waals surface area (Å²) in [7, 11) is 0. The number of hydrogen-bond acceptors (Lipinski definition) is 0. The van der Waals surface area contributed by atoms with Crippen LogP contribution in [0.1, 0.15) is 19.3 Å². The molecule has 0 heteroatoms. The molecule has 0 aromatic rings. The first-order valence-electron chi connectivity index (χ1n) is 5.95. The van der Waals surface area contributed by atoms with Crippen molar-refractivity contribution in [1.29, 1.82) is 0 Å². The fourth-order valence-corrected chi connectivity index (χ4v) is 4.28. The lowest BCUT2D eigenvalue weighted by Crippen LogP contribution is -2.39. The molecule has 1 fully saturated rings. The molecule has 5 rings (SSSR count). The quantitative estimate of drug-likeness (QED) is 0.551. The first-order chi connectivity index (χ1) is 7.38. The van der Waals surface area contributed by atoms with Crippen LogP contribution in [0.4, 0.5) is 0 Å². The van der Waals surface area contributed by atoms with E-state index in [1.807, 2.05) is 0 Å². The van der Waals surface area contributed by atoms with Gasteiger partial charge in [0.05, 0.1) is 0 Å². The Morgan fingerprint density at radius 1 is 1.27 bits per heavy atom. The summed E-state index contributed by atoms with van der Waals surface area (Å²) in [6, 6.07) is 0. The van der Waals surface area contributed by atoms with Crippen molar-refractivity contribution >= 4 is 0 Å². The van der Waals surface area contributed by atoms with Crippen molar-refractivity contribution in [1.82, 2.24) is 0 Å². The van der Waals surface area contributed by atoms with Gasteiger partial charge < -0.3 is 0 Å². The van der Waals surface area contributed by atoms with Gasteiger partial charge in [-0.05, 0) is 58.6 Å². The number of rotatable bonds is 0. The molecule has 1 saturated carbocycles. The topological polar surface area (TPSA) is 0 Å². The molecule has 0 radical (unpaired) electrons. The van der Waals surface area contributed by atoms with Gasteiger partial charge in [0.1, 0.15) is 0 Å². The van der Waals surface area contributed by atoms with Gasteiger partial charge in [-0.3, -0.25) is 0 Å². The van der Waals surface area contributed by atoms with E-state index >= 15 is 0 Å². The second-order valence-corrected chi connectivity index (χ2v) is 5.33. The van der Waals surface area contributed by atoms with Gasteiger partial charge >= 0.3 is 0 Å². The SMILES string of the molecule is C=C1C2=C3C(=C1C1=C4CCC4C31)CC=C2. The maximum atomic E-state index is 4.28. The Bertz CT molecular complexity index is 575. The molecule has 4 bridgehead atoms. The van der Waals surface area contributed by atoms with Crippen LogP contribution in [-0.4, -0.2) is 0 Å². The summed E-state index contributed by atoms with van der Waals surface area (Å²) in [5.74, 6) is 1.77. The molecule has 2 atom stereocenters. The minimum absolute atomic E-state index is 0.823. The van der Waals surface area contributed by atoms with Crippen molar-refractivity contribution in [3.05, 3.63) is 57.7 Å². The van der Waals surface area contributed by atoms with E-state index in [1.165, 1.54) is 24.0 Å². The second kappa shape index (κ2) is 1.84. The van der Waals surface area contributed by atoms with Gasteiger partial charge in [0, 0.05) is 5.92 Å². The maximum Gasteiger partial charge on any atom is 0.0170 e. The maximum absolute atomic E-state index is 4.28. The summed E-state index contributed by atoms with van der Waals surface area (Å²) in [6.07, 6.45) is 8.59. The summed E-state index contributed by atoms with van der Waals surface area (Å²) >= 11 is 0. The summed E-state index contributed by atoms with van der Waals surface area (Å²) in [5, 5.41) is 0. The third-order valence-electron chi connectivity index (χ3n) is 4.96. The Morgan fingerprint density at radius 3 is 3.00 bits per heavy atom. The van der Waals surface area contributed by atoms with Crippen LogP contribution in [0.5, 0.6) is 0 Å². The van der Waals surface area contributed by atoms with Gasteiger partial charge in [0.2, 0.25) is 0 Å². The minimum atomic E-state index is 0.823. The summed E-state index contributed by atoms with van der Waals surface area (Å²) in [4.78, 5) is 0. The van der Waals surface area contributed by atoms with Gasteiger partial charge in [-0.1, -0.05) is 24.3 Å². The zero-order valence-electron chi connectivity index (χ0n) is 8.64. The number of fused-ring (bicyclic) bond motifs is 4. The molecule has 0 nitrogen and oxygen atoms in total. The monoisotopic (exact) mass is 192 g/mol. The van der Waals surface area contributed by atoms with E-state index in [0.29, 0.717) is 0 Å². The lowest BCUT2D eigenvalue weighted by molar-refractivity contribution is 0.305. The van der Waals surface area contributed by atoms with Crippen molar-refractivity contribution in [2.24, 2.45) is 11.8 Å². The Hall–Kier alpha value is -1.30. The van der Waals surface area contributed by atoms with Gasteiger partial charge in [-0.25, -0.2) is 0 Å². The highest BCUT2D eigenvalue weighted by molar-refractivity contribution is 5.84. The van der Waals surface area contributed by atoms with Crippen molar-refractivity contribution in [3.63, 3.8) is 0 Å². The Kier molecular flexibility index (Phi) is 0.867. The lowest BCUT2D eigenvalue weighted by Gasteiger charge is -2.50. The van der Waals surface area contributed by atoms with E-state index in [-0.39, 0.29) is 0 Å². The van der Waals surface area contributed by atoms with Gasteiger partial charge in [-0.2, -0.15) is 0 Å². The lowest BCUT2D eigenvalue weighted by atomic mass is 9.53. The number of hydrogen-bond donors (Lipinski definition) is 0. The van der Waals surface area contributed by atoms with Crippen LogP contribution >= 0.6 is 0 Å². The van der Waals surface area contributed by atoms with Gasteiger partial charge in [0.25, 0.3) is 0 Å². The van der Waals surface area contributed by atoms with Crippen molar-refractivity contribution < 1.29 is 0 Å². The van der Waals surface area contributed by atoms with E-state index in [0.717, 1.165) is 18.3 Å². The molecule has 0 spiro atoms. The molecule has 0 aromatic carbocycles. The summed E-state index contributed by atoms with van der Waals surface area (Å²) in [6.45, 7) is 4.28. The zero-order valence-corrected chi connectivity index (χ0v) is 8.64. The van der Waals surface area contributed by atoms with Crippen LogP contribution in [0.15, 0.2) is 57.7 Å². The van der Waals surface area contributed by atoms with E-state index < -0.39 is 0 Å². The smallest absolute Gasteiger partial charge is 0.0170 e. The number of allylic oxidation sites excluding steroid dienone is 9. The minimum Gasteiger partial charge on any atom is -0.0905 e. The van der Waals surface area contributed by atoms with Crippen LogP contribution in [0.3, 0.4) is 0 Å². The highest BCUT2D eigenvalue weighted by Gasteiger charge is 2.56. The van der Waals surface area contributed by atoms with E-state index in [9.17, 15) is 0 Å². The molecule has 0 N–H and O–H groups in total. The molecule has 0 aromatic heterocycles. The molecule has 0 heterocycles. The van der Waals surface area contributed by atoms with E-state index in [2.05, 4.69) is 18.7 Å².